The summed E-state index contributed by atoms with van der Waals surface area (Å²) in [5.41, 5.74) is 12.4. The number of benzene rings is 1. The van der Waals surface area contributed by atoms with Crippen LogP contribution in [0.15, 0.2) is 30.3 Å². The van der Waals surface area contributed by atoms with Crippen molar-refractivity contribution < 1.29 is 0 Å². The monoisotopic (exact) mass is 270 g/mol. The maximum Gasteiger partial charge on any atom is 0.100 e. The highest BCUT2D eigenvalue weighted by Gasteiger charge is 2.13. The quantitative estimate of drug-likeness (QED) is 0.747. The number of nitrogens with zero attached hydrogens (tertiary/aromatic N) is 1. The Morgan fingerprint density at radius 2 is 1.85 bits per heavy atom. The molecule has 4 heteroatoms. The van der Waals surface area contributed by atoms with Gasteiger partial charge >= 0.3 is 0 Å². The molecular formula is C16H22N4. The zero-order valence-corrected chi connectivity index (χ0v) is 12.5. The Morgan fingerprint density at radius 3 is 2.45 bits per heavy atom. The SMILES string of the molecule is CNc1ccc(-c2ccc(C)cc2C)nc1C(N)NC. The molecule has 0 fully saturated rings. The van der Waals surface area contributed by atoms with Gasteiger partial charge in [0.25, 0.3) is 0 Å². The Labute approximate surface area is 120 Å². The smallest absolute Gasteiger partial charge is 0.100 e. The van der Waals surface area contributed by atoms with E-state index in [-0.39, 0.29) is 6.17 Å². The molecule has 4 nitrogen and oxygen atoms in total. The summed E-state index contributed by atoms with van der Waals surface area (Å²) < 4.78 is 0. The van der Waals surface area contributed by atoms with Crippen molar-refractivity contribution in [2.75, 3.05) is 19.4 Å². The van der Waals surface area contributed by atoms with Gasteiger partial charge in [0.05, 0.1) is 17.1 Å². The topological polar surface area (TPSA) is 63.0 Å². The summed E-state index contributed by atoms with van der Waals surface area (Å²) in [4.78, 5) is 4.73. The van der Waals surface area contributed by atoms with Gasteiger partial charge in [0.15, 0.2) is 0 Å². The van der Waals surface area contributed by atoms with Crippen molar-refractivity contribution in [1.82, 2.24) is 10.3 Å². The molecule has 1 aromatic carbocycles. The molecule has 0 bridgehead atoms. The van der Waals surface area contributed by atoms with Gasteiger partial charge in [-0.15, -0.1) is 0 Å². The maximum atomic E-state index is 6.07. The van der Waals surface area contributed by atoms with Crippen molar-refractivity contribution in [3.8, 4) is 11.3 Å². The second kappa shape index (κ2) is 6.03. The van der Waals surface area contributed by atoms with E-state index in [1.165, 1.54) is 11.1 Å². The Morgan fingerprint density at radius 1 is 1.10 bits per heavy atom. The van der Waals surface area contributed by atoms with E-state index < -0.39 is 0 Å². The number of aromatic nitrogens is 1. The Kier molecular flexibility index (Phi) is 4.37. The van der Waals surface area contributed by atoms with Crippen LogP contribution in [0, 0.1) is 13.8 Å². The van der Waals surface area contributed by atoms with Crippen LogP contribution >= 0.6 is 0 Å². The fourth-order valence-electron chi connectivity index (χ4n) is 2.31. The van der Waals surface area contributed by atoms with Crippen molar-refractivity contribution in [3.63, 3.8) is 0 Å². The highest BCUT2D eigenvalue weighted by molar-refractivity contribution is 5.66. The number of anilines is 1. The lowest BCUT2D eigenvalue weighted by Crippen LogP contribution is -2.27. The predicted molar refractivity (Wildman–Crippen MR) is 84.7 cm³/mol. The molecule has 1 heterocycles. The number of nitrogens with one attached hydrogen (secondary N) is 2. The van der Waals surface area contributed by atoms with Crippen LogP contribution in [0.1, 0.15) is 23.0 Å². The van der Waals surface area contributed by atoms with Crippen molar-refractivity contribution in [2.45, 2.75) is 20.0 Å². The molecule has 4 N–H and O–H groups in total. The van der Waals surface area contributed by atoms with Gasteiger partial charge in [0.1, 0.15) is 6.17 Å². The van der Waals surface area contributed by atoms with Gasteiger partial charge in [-0.3, -0.25) is 0 Å². The van der Waals surface area contributed by atoms with Crippen molar-refractivity contribution in [3.05, 3.63) is 47.2 Å². The minimum Gasteiger partial charge on any atom is -0.387 e. The van der Waals surface area contributed by atoms with Gasteiger partial charge in [-0.2, -0.15) is 0 Å². The minimum absolute atomic E-state index is 0.289. The number of hydrogen-bond donors (Lipinski definition) is 3. The van der Waals surface area contributed by atoms with E-state index in [0.29, 0.717) is 0 Å². The minimum atomic E-state index is -0.289. The second-order valence-electron chi connectivity index (χ2n) is 4.96. The van der Waals surface area contributed by atoms with E-state index in [1.807, 2.05) is 26.2 Å². The fourth-order valence-corrected chi connectivity index (χ4v) is 2.31. The van der Waals surface area contributed by atoms with Gasteiger partial charge in [-0.1, -0.05) is 23.8 Å². The molecule has 0 aliphatic heterocycles. The van der Waals surface area contributed by atoms with Crippen LogP contribution in [-0.4, -0.2) is 19.1 Å². The molecule has 1 unspecified atom stereocenters. The number of aryl methyl sites for hydroxylation is 2. The lowest BCUT2D eigenvalue weighted by Gasteiger charge is -2.16. The standard InChI is InChI=1S/C16H22N4/c1-10-5-6-12(11(2)9-10)13-7-8-14(18-3)15(20-13)16(17)19-4/h5-9,16,18-19H,17H2,1-4H3. The summed E-state index contributed by atoms with van der Waals surface area (Å²) in [6.07, 6.45) is -0.289. The molecule has 20 heavy (non-hydrogen) atoms. The molecule has 0 aliphatic carbocycles. The predicted octanol–water partition coefficient (Wildman–Crippen LogP) is 2.58. The molecule has 1 atom stereocenters. The number of pyridine rings is 1. The van der Waals surface area contributed by atoms with Crippen LogP contribution in [0.4, 0.5) is 5.69 Å². The van der Waals surface area contributed by atoms with Crippen LogP contribution in [-0.2, 0) is 0 Å². The summed E-state index contributed by atoms with van der Waals surface area (Å²) in [6, 6.07) is 10.4. The van der Waals surface area contributed by atoms with Crippen molar-refractivity contribution in [1.29, 1.82) is 0 Å². The van der Waals surface area contributed by atoms with E-state index in [0.717, 1.165) is 22.6 Å². The average molecular weight is 270 g/mol. The number of hydrogen-bond acceptors (Lipinski definition) is 4. The van der Waals surface area contributed by atoms with Crippen molar-refractivity contribution in [2.24, 2.45) is 5.73 Å². The molecule has 0 saturated heterocycles. The van der Waals surface area contributed by atoms with E-state index in [2.05, 4.69) is 42.7 Å². The van der Waals surface area contributed by atoms with Gasteiger partial charge in [0, 0.05) is 12.6 Å². The molecule has 0 saturated carbocycles. The molecule has 2 rings (SSSR count). The van der Waals surface area contributed by atoms with E-state index in [9.17, 15) is 0 Å². The first-order valence-electron chi connectivity index (χ1n) is 6.76. The van der Waals surface area contributed by atoms with E-state index in [4.69, 9.17) is 10.7 Å². The molecular weight excluding hydrogens is 248 g/mol. The van der Waals surface area contributed by atoms with E-state index in [1.54, 1.807) is 0 Å². The molecule has 2 aromatic rings. The molecule has 0 amide bonds. The highest BCUT2D eigenvalue weighted by atomic mass is 15.0. The highest BCUT2D eigenvalue weighted by Crippen LogP contribution is 2.26. The fraction of sp³-hybridized carbons (Fsp3) is 0.312. The first-order chi connectivity index (χ1) is 9.56. The Bertz CT molecular complexity index is 607. The second-order valence-corrected chi connectivity index (χ2v) is 4.96. The zero-order chi connectivity index (χ0) is 14.7. The summed E-state index contributed by atoms with van der Waals surface area (Å²) in [5.74, 6) is 0. The molecule has 106 valence electrons. The Balaban J connectivity index is 2.52. The third-order valence-electron chi connectivity index (χ3n) is 3.46. The average Bonchev–Trinajstić information content (AvgIpc) is 2.46. The van der Waals surface area contributed by atoms with Gasteiger partial charge < -0.3 is 16.4 Å². The molecule has 0 aliphatic rings. The lowest BCUT2D eigenvalue weighted by molar-refractivity contribution is 0.606. The molecule has 0 radical (unpaired) electrons. The lowest BCUT2D eigenvalue weighted by atomic mass is 10.0. The van der Waals surface area contributed by atoms with Gasteiger partial charge in [-0.25, -0.2) is 4.98 Å². The normalized spacial score (nSPS) is 12.2. The van der Waals surface area contributed by atoms with Crippen LogP contribution in [0.3, 0.4) is 0 Å². The third-order valence-corrected chi connectivity index (χ3v) is 3.46. The van der Waals surface area contributed by atoms with Gasteiger partial charge in [0.2, 0.25) is 0 Å². The third kappa shape index (κ3) is 2.81. The first kappa shape index (κ1) is 14.5. The Hall–Kier alpha value is -1.91. The zero-order valence-electron chi connectivity index (χ0n) is 12.5. The largest absolute Gasteiger partial charge is 0.387 e. The maximum absolute atomic E-state index is 6.07. The van der Waals surface area contributed by atoms with Crippen LogP contribution in [0.5, 0.6) is 0 Å². The van der Waals surface area contributed by atoms with Crippen LogP contribution in [0.25, 0.3) is 11.3 Å². The number of rotatable bonds is 4. The summed E-state index contributed by atoms with van der Waals surface area (Å²) in [5, 5.41) is 6.16. The van der Waals surface area contributed by atoms with E-state index >= 15 is 0 Å². The van der Waals surface area contributed by atoms with Crippen LogP contribution < -0.4 is 16.4 Å². The first-order valence-corrected chi connectivity index (χ1v) is 6.76. The van der Waals surface area contributed by atoms with Gasteiger partial charge in [-0.05, 0) is 38.6 Å². The summed E-state index contributed by atoms with van der Waals surface area (Å²) in [7, 11) is 3.70. The summed E-state index contributed by atoms with van der Waals surface area (Å²) in [6.45, 7) is 4.20. The number of nitrogens with two attached hydrogens (primary N) is 1. The molecule has 1 aromatic heterocycles. The van der Waals surface area contributed by atoms with Crippen molar-refractivity contribution >= 4 is 5.69 Å². The molecule has 0 spiro atoms. The summed E-state index contributed by atoms with van der Waals surface area (Å²) >= 11 is 0. The van der Waals surface area contributed by atoms with Crippen LogP contribution in [0.2, 0.25) is 0 Å².